The molecule has 2 aliphatic heterocycles. The van der Waals surface area contributed by atoms with Crippen molar-refractivity contribution < 1.29 is 36.2 Å². The molecule has 2 saturated carbocycles. The molecule has 174 valence electrons. The van der Waals surface area contributed by atoms with E-state index in [4.69, 9.17) is 14.6 Å². The van der Waals surface area contributed by atoms with Gasteiger partial charge in [-0.2, -0.15) is 17.5 Å². The van der Waals surface area contributed by atoms with Gasteiger partial charge >= 0.3 is 12.1 Å². The highest BCUT2D eigenvalue weighted by Gasteiger charge is 2.52. The number of likely N-dealkylation sites (tertiary alicyclic amines) is 1. The fourth-order valence-corrected chi connectivity index (χ4v) is 6.35. The third kappa shape index (κ3) is 6.08. The SMILES string of the molecule is CN1CCC2(CC1)CC(COCC1CC1)N(S(=O)(=O)C1CC1)C2.O=C(O)C(F)(F)F. The molecule has 7 nitrogen and oxygen atoms in total. The van der Waals surface area contributed by atoms with E-state index in [1.54, 1.807) is 0 Å². The minimum Gasteiger partial charge on any atom is -0.475 e. The number of carboxylic acid groups (broad SMARTS) is 1. The van der Waals surface area contributed by atoms with Crippen LogP contribution in [0.25, 0.3) is 0 Å². The van der Waals surface area contributed by atoms with Crippen LogP contribution >= 0.6 is 0 Å². The lowest BCUT2D eigenvalue weighted by Gasteiger charge is -2.37. The number of carbonyl (C=O) groups is 1. The Morgan fingerprint density at radius 2 is 1.70 bits per heavy atom. The number of ether oxygens (including phenoxy) is 1. The second-order valence-electron chi connectivity index (χ2n) is 9.23. The topological polar surface area (TPSA) is 87.2 Å². The van der Waals surface area contributed by atoms with E-state index in [0.717, 1.165) is 64.3 Å². The first kappa shape index (κ1) is 23.7. The van der Waals surface area contributed by atoms with Gasteiger partial charge < -0.3 is 14.7 Å². The molecule has 1 unspecified atom stereocenters. The fourth-order valence-electron chi connectivity index (χ4n) is 4.23. The molecule has 11 heteroatoms. The average molecular weight is 457 g/mol. The van der Waals surface area contributed by atoms with E-state index < -0.39 is 22.2 Å². The summed E-state index contributed by atoms with van der Waals surface area (Å²) in [4.78, 5) is 11.3. The molecule has 0 radical (unpaired) electrons. The van der Waals surface area contributed by atoms with Gasteiger partial charge in [0.15, 0.2) is 0 Å². The van der Waals surface area contributed by atoms with Crippen LogP contribution in [0.5, 0.6) is 0 Å². The molecule has 4 fully saturated rings. The average Bonchev–Trinajstić information content (AvgIpc) is 3.55. The number of carboxylic acids is 1. The van der Waals surface area contributed by atoms with Crippen molar-refractivity contribution in [3.05, 3.63) is 0 Å². The van der Waals surface area contributed by atoms with Gasteiger partial charge in [0, 0.05) is 19.2 Å². The summed E-state index contributed by atoms with van der Waals surface area (Å²) in [5, 5.41) is 7.02. The molecule has 2 heterocycles. The van der Waals surface area contributed by atoms with E-state index in [9.17, 15) is 21.6 Å². The molecule has 0 aromatic carbocycles. The number of hydrogen-bond acceptors (Lipinski definition) is 5. The maximum atomic E-state index is 12.9. The van der Waals surface area contributed by atoms with Crippen molar-refractivity contribution in [1.82, 2.24) is 9.21 Å². The summed E-state index contributed by atoms with van der Waals surface area (Å²) in [5.74, 6) is -2.02. The third-order valence-corrected chi connectivity index (χ3v) is 8.89. The van der Waals surface area contributed by atoms with Gasteiger partial charge in [0.05, 0.1) is 11.9 Å². The number of rotatable bonds is 6. The highest BCUT2D eigenvalue weighted by molar-refractivity contribution is 7.90. The molecule has 1 atom stereocenters. The minimum atomic E-state index is -5.08. The molecule has 0 amide bonds. The predicted octanol–water partition coefficient (Wildman–Crippen LogP) is 2.32. The van der Waals surface area contributed by atoms with Crippen molar-refractivity contribution in [3.8, 4) is 0 Å². The molecule has 2 aliphatic carbocycles. The van der Waals surface area contributed by atoms with Crippen molar-refractivity contribution in [2.75, 3.05) is 39.9 Å². The molecule has 4 aliphatic rings. The zero-order valence-electron chi connectivity index (χ0n) is 17.2. The van der Waals surface area contributed by atoms with Crippen LogP contribution < -0.4 is 0 Å². The van der Waals surface area contributed by atoms with Crippen LogP contribution in [0.3, 0.4) is 0 Å². The Bertz CT molecular complexity index is 714. The summed E-state index contributed by atoms with van der Waals surface area (Å²) in [5.41, 5.74) is 0.197. The predicted molar refractivity (Wildman–Crippen MR) is 103 cm³/mol. The number of piperidine rings is 1. The van der Waals surface area contributed by atoms with Gasteiger partial charge in [0.1, 0.15) is 0 Å². The summed E-state index contributed by atoms with van der Waals surface area (Å²) >= 11 is 0. The van der Waals surface area contributed by atoms with Crippen LogP contribution in [0.4, 0.5) is 13.2 Å². The van der Waals surface area contributed by atoms with Crippen molar-refractivity contribution in [3.63, 3.8) is 0 Å². The Kier molecular flexibility index (Phi) is 7.06. The molecule has 0 bridgehead atoms. The van der Waals surface area contributed by atoms with Gasteiger partial charge in [0.2, 0.25) is 10.0 Å². The summed E-state index contributed by atoms with van der Waals surface area (Å²) in [6.07, 6.45) is 2.43. The second kappa shape index (κ2) is 8.91. The lowest BCUT2D eigenvalue weighted by molar-refractivity contribution is -0.192. The number of alkyl halides is 3. The van der Waals surface area contributed by atoms with Gasteiger partial charge in [-0.3, -0.25) is 0 Å². The Morgan fingerprint density at radius 1 is 1.13 bits per heavy atom. The number of hydrogen-bond donors (Lipinski definition) is 1. The maximum absolute atomic E-state index is 12.9. The number of nitrogens with zero attached hydrogens (tertiary/aromatic N) is 2. The minimum absolute atomic E-state index is 0.0720. The Hall–Kier alpha value is -0.910. The Morgan fingerprint density at radius 3 is 2.17 bits per heavy atom. The highest BCUT2D eigenvalue weighted by Crippen LogP contribution is 2.46. The largest absolute Gasteiger partial charge is 0.490 e. The van der Waals surface area contributed by atoms with Gasteiger partial charge in [-0.05, 0) is 76.4 Å². The second-order valence-corrected chi connectivity index (χ2v) is 11.4. The summed E-state index contributed by atoms with van der Waals surface area (Å²) in [6.45, 7) is 4.33. The third-order valence-electron chi connectivity index (χ3n) is 6.49. The number of aliphatic carboxylic acids is 1. The van der Waals surface area contributed by atoms with Crippen LogP contribution in [0, 0.1) is 11.3 Å². The lowest BCUT2D eigenvalue weighted by Crippen LogP contribution is -2.42. The molecule has 1 N–H and O–H groups in total. The van der Waals surface area contributed by atoms with Crippen LogP contribution in [0.1, 0.15) is 44.9 Å². The van der Waals surface area contributed by atoms with E-state index in [0.29, 0.717) is 6.61 Å². The summed E-state index contributed by atoms with van der Waals surface area (Å²) in [6, 6.07) is 0.0720. The van der Waals surface area contributed by atoms with Crippen LogP contribution in [0.15, 0.2) is 0 Å². The van der Waals surface area contributed by atoms with Crippen molar-refractivity contribution in [2.24, 2.45) is 11.3 Å². The van der Waals surface area contributed by atoms with E-state index >= 15 is 0 Å². The highest BCUT2D eigenvalue weighted by atomic mass is 32.2. The van der Waals surface area contributed by atoms with Crippen molar-refractivity contribution in [1.29, 1.82) is 0 Å². The molecule has 30 heavy (non-hydrogen) atoms. The zero-order valence-corrected chi connectivity index (χ0v) is 18.1. The van der Waals surface area contributed by atoms with Gasteiger partial charge in [0.25, 0.3) is 0 Å². The number of sulfonamides is 1. The zero-order chi connectivity index (χ0) is 22.2. The van der Waals surface area contributed by atoms with Gasteiger partial charge in [-0.1, -0.05) is 0 Å². The van der Waals surface area contributed by atoms with Crippen molar-refractivity contribution >= 4 is 16.0 Å². The lowest BCUT2D eigenvalue weighted by atomic mass is 9.77. The molecule has 4 rings (SSSR count). The van der Waals surface area contributed by atoms with E-state index in [1.165, 1.54) is 12.8 Å². The van der Waals surface area contributed by atoms with E-state index in [-0.39, 0.29) is 16.7 Å². The first-order chi connectivity index (χ1) is 13.9. The first-order valence-corrected chi connectivity index (χ1v) is 12.0. The molecule has 0 aromatic rings. The van der Waals surface area contributed by atoms with Crippen LogP contribution in [-0.4, -0.2) is 86.1 Å². The van der Waals surface area contributed by atoms with Crippen molar-refractivity contribution in [2.45, 2.75) is 62.4 Å². The Labute approximate surface area is 175 Å². The first-order valence-electron chi connectivity index (χ1n) is 10.5. The fraction of sp³-hybridized carbons (Fsp3) is 0.947. The molecular weight excluding hydrogens is 425 g/mol. The Balaban J connectivity index is 0.000000318. The van der Waals surface area contributed by atoms with E-state index in [2.05, 4.69) is 11.9 Å². The molecule has 0 aromatic heterocycles. The summed E-state index contributed by atoms with van der Waals surface area (Å²) < 4.78 is 65.2. The van der Waals surface area contributed by atoms with E-state index in [1.807, 2.05) is 4.31 Å². The maximum Gasteiger partial charge on any atom is 0.490 e. The normalized spacial score (nSPS) is 27.7. The molecule has 1 spiro atoms. The summed E-state index contributed by atoms with van der Waals surface area (Å²) in [7, 11) is -0.935. The molecule has 2 saturated heterocycles. The van der Waals surface area contributed by atoms with Gasteiger partial charge in [-0.25, -0.2) is 13.2 Å². The monoisotopic (exact) mass is 456 g/mol. The smallest absolute Gasteiger partial charge is 0.475 e. The van der Waals surface area contributed by atoms with Gasteiger partial charge in [-0.15, -0.1) is 0 Å². The number of halogens is 3. The quantitative estimate of drug-likeness (QED) is 0.660. The van der Waals surface area contributed by atoms with Crippen LogP contribution in [-0.2, 0) is 19.6 Å². The standard InChI is InChI=1S/C17H30N2O3S.C2HF3O2/c1-18-8-6-17(7-9-18)10-15(12-22-11-14-2-3-14)19(13-17)23(20,21)16-4-5-16;3-2(4,5)1(6)7/h14-16H,2-13H2,1H3;(H,6,7). The van der Waals surface area contributed by atoms with Crippen LogP contribution in [0.2, 0.25) is 0 Å². The molecular formula is C19H31F3N2O5S.